The number of aromatic nitrogens is 2. The number of aryl methyl sites for hydroxylation is 1. The summed E-state index contributed by atoms with van der Waals surface area (Å²) in [5, 5.41) is 5.87. The molecular weight excluding hydrogens is 254 g/mol. The van der Waals surface area contributed by atoms with Crippen molar-refractivity contribution in [3.05, 3.63) is 11.9 Å². The Balaban J connectivity index is 2.88. The van der Waals surface area contributed by atoms with Crippen LogP contribution in [0.25, 0.3) is 0 Å². The lowest BCUT2D eigenvalue weighted by Crippen LogP contribution is -2.34. The van der Waals surface area contributed by atoms with Crippen LogP contribution in [0, 0.1) is 5.92 Å². The Morgan fingerprint density at radius 2 is 2.10 bits per heavy atom. The Hall–Kier alpha value is -1.85. The third-order valence-electron chi connectivity index (χ3n) is 3.07. The number of amides is 1. The lowest BCUT2D eigenvalue weighted by atomic mass is 10.1. The van der Waals surface area contributed by atoms with Crippen LogP contribution in [0.1, 0.15) is 26.6 Å². The van der Waals surface area contributed by atoms with E-state index in [9.17, 15) is 4.79 Å². The van der Waals surface area contributed by atoms with Gasteiger partial charge >= 0.3 is 0 Å². The molecule has 1 heterocycles. The second kappa shape index (κ2) is 7.67. The van der Waals surface area contributed by atoms with Crippen LogP contribution < -0.4 is 15.5 Å². The van der Waals surface area contributed by atoms with Gasteiger partial charge in [0, 0.05) is 39.7 Å². The molecule has 0 aromatic carbocycles. The van der Waals surface area contributed by atoms with E-state index in [0.29, 0.717) is 6.54 Å². The van der Waals surface area contributed by atoms with E-state index in [-0.39, 0.29) is 11.8 Å². The number of nitrogens with one attached hydrogen (secondary N) is 2. The largest absolute Gasteiger partial charge is 0.370 e. The van der Waals surface area contributed by atoms with Gasteiger partial charge in [-0.05, 0) is 6.92 Å². The van der Waals surface area contributed by atoms with E-state index in [0.717, 1.165) is 30.4 Å². The molecule has 0 aliphatic carbocycles. The second-order valence-electron chi connectivity index (χ2n) is 4.81. The van der Waals surface area contributed by atoms with Gasteiger partial charge in [0.25, 0.3) is 0 Å². The zero-order valence-electron chi connectivity index (χ0n) is 13.0. The number of carbonyl (C=O) groups is 1. The minimum Gasteiger partial charge on any atom is -0.370 e. The highest BCUT2D eigenvalue weighted by Gasteiger charge is 2.15. The molecule has 1 amide bonds. The first-order chi connectivity index (χ1) is 9.51. The number of anilines is 2. The van der Waals surface area contributed by atoms with Gasteiger partial charge in [-0.25, -0.2) is 9.97 Å². The average Bonchev–Trinajstić information content (AvgIpc) is 2.46. The molecule has 1 rings (SSSR count). The van der Waals surface area contributed by atoms with E-state index in [1.54, 1.807) is 7.05 Å². The number of rotatable bonds is 7. The fraction of sp³-hybridized carbons (Fsp3) is 0.643. The van der Waals surface area contributed by atoms with E-state index in [1.807, 2.05) is 38.8 Å². The van der Waals surface area contributed by atoms with Gasteiger partial charge in [-0.3, -0.25) is 4.79 Å². The third-order valence-corrected chi connectivity index (χ3v) is 3.07. The Bertz CT molecular complexity index is 449. The van der Waals surface area contributed by atoms with Crippen molar-refractivity contribution in [3.8, 4) is 0 Å². The summed E-state index contributed by atoms with van der Waals surface area (Å²) in [6.07, 6.45) is 0.783. The molecule has 0 radical (unpaired) electrons. The first kappa shape index (κ1) is 16.2. The van der Waals surface area contributed by atoms with Gasteiger partial charge in [0.1, 0.15) is 17.5 Å². The van der Waals surface area contributed by atoms with Gasteiger partial charge in [0.15, 0.2) is 0 Å². The molecule has 2 N–H and O–H groups in total. The van der Waals surface area contributed by atoms with Crippen LogP contribution >= 0.6 is 0 Å². The van der Waals surface area contributed by atoms with Crippen LogP contribution in [0.2, 0.25) is 0 Å². The monoisotopic (exact) mass is 279 g/mol. The molecule has 0 fully saturated rings. The van der Waals surface area contributed by atoms with Crippen molar-refractivity contribution in [2.45, 2.75) is 27.2 Å². The summed E-state index contributed by atoms with van der Waals surface area (Å²) in [5.74, 6) is 2.41. The highest BCUT2D eigenvalue weighted by molar-refractivity contribution is 5.78. The van der Waals surface area contributed by atoms with Crippen molar-refractivity contribution in [2.75, 3.05) is 37.4 Å². The highest BCUT2D eigenvalue weighted by Crippen LogP contribution is 2.16. The topological polar surface area (TPSA) is 70.2 Å². The Labute approximate surface area is 121 Å². The smallest absolute Gasteiger partial charge is 0.224 e. The molecule has 20 heavy (non-hydrogen) atoms. The number of nitrogens with zero attached hydrogens (tertiary/aromatic N) is 3. The molecule has 0 saturated carbocycles. The van der Waals surface area contributed by atoms with Gasteiger partial charge in [-0.1, -0.05) is 13.8 Å². The summed E-state index contributed by atoms with van der Waals surface area (Å²) in [4.78, 5) is 22.5. The van der Waals surface area contributed by atoms with Crippen molar-refractivity contribution < 1.29 is 4.79 Å². The molecule has 1 aromatic rings. The SMILES string of the molecule is CCNc1cc(N(C)CC(C)C(=O)NC)nc(CC)n1. The number of hydrogen-bond donors (Lipinski definition) is 2. The lowest BCUT2D eigenvalue weighted by Gasteiger charge is -2.22. The molecule has 6 nitrogen and oxygen atoms in total. The Kier molecular flexibility index (Phi) is 6.21. The zero-order valence-corrected chi connectivity index (χ0v) is 13.0. The van der Waals surface area contributed by atoms with Crippen LogP contribution in [-0.4, -0.2) is 43.1 Å². The van der Waals surface area contributed by atoms with Crippen LogP contribution in [-0.2, 0) is 11.2 Å². The van der Waals surface area contributed by atoms with Crippen molar-refractivity contribution in [2.24, 2.45) is 5.92 Å². The van der Waals surface area contributed by atoms with E-state index >= 15 is 0 Å². The fourth-order valence-electron chi connectivity index (χ4n) is 1.94. The molecule has 0 bridgehead atoms. The summed E-state index contributed by atoms with van der Waals surface area (Å²) < 4.78 is 0. The van der Waals surface area contributed by atoms with Gasteiger partial charge in [0.2, 0.25) is 5.91 Å². The van der Waals surface area contributed by atoms with Gasteiger partial charge in [0.05, 0.1) is 5.92 Å². The summed E-state index contributed by atoms with van der Waals surface area (Å²) in [6.45, 7) is 7.40. The minimum atomic E-state index is -0.0902. The van der Waals surface area contributed by atoms with Crippen molar-refractivity contribution >= 4 is 17.5 Å². The molecule has 6 heteroatoms. The highest BCUT2D eigenvalue weighted by atomic mass is 16.1. The molecule has 1 aromatic heterocycles. The molecule has 0 saturated heterocycles. The average molecular weight is 279 g/mol. The summed E-state index contributed by atoms with van der Waals surface area (Å²) >= 11 is 0. The van der Waals surface area contributed by atoms with Crippen LogP contribution in [0.3, 0.4) is 0 Å². The fourth-order valence-corrected chi connectivity index (χ4v) is 1.94. The quantitative estimate of drug-likeness (QED) is 0.787. The van der Waals surface area contributed by atoms with Crippen LogP contribution in [0.15, 0.2) is 6.07 Å². The van der Waals surface area contributed by atoms with Gasteiger partial charge < -0.3 is 15.5 Å². The van der Waals surface area contributed by atoms with Crippen molar-refractivity contribution in [1.29, 1.82) is 0 Å². The van der Waals surface area contributed by atoms with E-state index in [1.165, 1.54) is 0 Å². The van der Waals surface area contributed by atoms with E-state index in [2.05, 4.69) is 20.6 Å². The van der Waals surface area contributed by atoms with Crippen molar-refractivity contribution in [3.63, 3.8) is 0 Å². The molecule has 0 aliphatic heterocycles. The van der Waals surface area contributed by atoms with E-state index < -0.39 is 0 Å². The summed E-state index contributed by atoms with van der Waals surface area (Å²) in [6, 6.07) is 1.92. The van der Waals surface area contributed by atoms with Gasteiger partial charge in [-0.15, -0.1) is 0 Å². The van der Waals surface area contributed by atoms with Crippen LogP contribution in [0.5, 0.6) is 0 Å². The normalized spacial score (nSPS) is 11.8. The molecular formula is C14H25N5O. The first-order valence-corrected chi connectivity index (χ1v) is 7.06. The number of hydrogen-bond acceptors (Lipinski definition) is 5. The Morgan fingerprint density at radius 1 is 1.40 bits per heavy atom. The molecule has 1 unspecified atom stereocenters. The zero-order chi connectivity index (χ0) is 15.1. The van der Waals surface area contributed by atoms with Crippen LogP contribution in [0.4, 0.5) is 11.6 Å². The molecule has 0 spiro atoms. The van der Waals surface area contributed by atoms with Crippen molar-refractivity contribution in [1.82, 2.24) is 15.3 Å². The summed E-state index contributed by atoms with van der Waals surface area (Å²) in [7, 11) is 3.60. The summed E-state index contributed by atoms with van der Waals surface area (Å²) in [5.41, 5.74) is 0. The number of carbonyl (C=O) groups excluding carboxylic acids is 1. The Morgan fingerprint density at radius 3 is 2.65 bits per heavy atom. The van der Waals surface area contributed by atoms with E-state index in [4.69, 9.17) is 0 Å². The predicted octanol–water partition coefficient (Wildman–Crippen LogP) is 1.29. The maximum absolute atomic E-state index is 11.6. The molecule has 0 aliphatic rings. The second-order valence-corrected chi connectivity index (χ2v) is 4.81. The minimum absolute atomic E-state index is 0.0357. The standard InChI is InChI=1S/C14H25N5O/c1-6-11-17-12(16-7-2)8-13(18-11)19(5)9-10(3)14(20)15-4/h8,10H,6-7,9H2,1-5H3,(H,15,20)(H,16,17,18). The third kappa shape index (κ3) is 4.36. The predicted molar refractivity (Wildman–Crippen MR) is 82.1 cm³/mol. The maximum Gasteiger partial charge on any atom is 0.224 e. The molecule has 1 atom stereocenters. The molecule has 112 valence electrons. The first-order valence-electron chi connectivity index (χ1n) is 7.06. The lowest BCUT2D eigenvalue weighted by molar-refractivity contribution is -0.123. The van der Waals surface area contributed by atoms with Gasteiger partial charge in [-0.2, -0.15) is 0 Å². The maximum atomic E-state index is 11.6.